The molecule has 7 heteroatoms. The van der Waals surface area contributed by atoms with Crippen molar-refractivity contribution in [2.75, 3.05) is 0 Å². The summed E-state index contributed by atoms with van der Waals surface area (Å²) in [5, 5.41) is 6.84. The fourth-order valence-electron chi connectivity index (χ4n) is 3.01. The molecule has 0 unspecified atom stereocenters. The Morgan fingerprint density at radius 1 is 0.920 bits per heavy atom. The van der Waals surface area contributed by atoms with Crippen molar-refractivity contribution in [1.82, 2.24) is 34.5 Å². The van der Waals surface area contributed by atoms with Crippen molar-refractivity contribution >= 4 is 16.7 Å². The maximum Gasteiger partial charge on any atom is 0.159 e. The summed E-state index contributed by atoms with van der Waals surface area (Å²) in [6.07, 6.45) is 13.3. The van der Waals surface area contributed by atoms with Crippen LogP contribution in [0.5, 0.6) is 0 Å². The first-order valence-corrected chi connectivity index (χ1v) is 7.88. The van der Waals surface area contributed by atoms with Gasteiger partial charge in [-0.05, 0) is 17.7 Å². The van der Waals surface area contributed by atoms with E-state index in [4.69, 9.17) is 0 Å². The summed E-state index contributed by atoms with van der Waals surface area (Å²) >= 11 is 0. The van der Waals surface area contributed by atoms with Gasteiger partial charge in [-0.3, -0.25) is 24.5 Å². The zero-order valence-electron chi connectivity index (χ0n) is 13.2. The summed E-state index contributed by atoms with van der Waals surface area (Å²) in [5.41, 5.74) is 6.64. The fourth-order valence-corrected chi connectivity index (χ4v) is 3.01. The SMILES string of the molecule is c1cn2c(-c3cn[nH]c3)cnc2c(Cc2ccc3nccnc3c2)n1. The Bertz CT molecular complexity index is 1170. The number of nitrogens with zero attached hydrogens (tertiary/aromatic N) is 6. The first-order valence-electron chi connectivity index (χ1n) is 7.88. The van der Waals surface area contributed by atoms with E-state index in [1.165, 1.54) is 0 Å². The van der Waals surface area contributed by atoms with E-state index in [0.29, 0.717) is 6.42 Å². The third-order valence-electron chi connectivity index (χ3n) is 4.20. The molecule has 0 radical (unpaired) electrons. The van der Waals surface area contributed by atoms with Gasteiger partial charge in [0.1, 0.15) is 0 Å². The Hall–Kier alpha value is -3.61. The van der Waals surface area contributed by atoms with E-state index >= 15 is 0 Å². The van der Waals surface area contributed by atoms with Crippen molar-refractivity contribution in [2.24, 2.45) is 0 Å². The number of benzene rings is 1. The largest absolute Gasteiger partial charge is 0.296 e. The van der Waals surface area contributed by atoms with E-state index in [1.807, 2.05) is 35.1 Å². The first-order chi connectivity index (χ1) is 12.4. The molecule has 4 heterocycles. The molecule has 5 aromatic rings. The number of H-pyrrole nitrogens is 1. The van der Waals surface area contributed by atoms with Crippen molar-refractivity contribution in [1.29, 1.82) is 0 Å². The molecule has 0 spiro atoms. The molecule has 0 bridgehead atoms. The van der Waals surface area contributed by atoms with Crippen molar-refractivity contribution < 1.29 is 0 Å². The highest BCUT2D eigenvalue weighted by atomic mass is 15.1. The maximum atomic E-state index is 4.56. The topological polar surface area (TPSA) is 84.7 Å². The minimum absolute atomic E-state index is 0.679. The molecule has 7 nitrogen and oxygen atoms in total. The summed E-state index contributed by atoms with van der Waals surface area (Å²) < 4.78 is 2.04. The summed E-state index contributed by atoms with van der Waals surface area (Å²) in [5.74, 6) is 0. The van der Waals surface area contributed by atoms with Crippen LogP contribution in [0.1, 0.15) is 11.3 Å². The molecular formula is C18H13N7. The number of hydrogen-bond acceptors (Lipinski definition) is 5. The van der Waals surface area contributed by atoms with E-state index in [0.717, 1.165) is 39.2 Å². The van der Waals surface area contributed by atoms with Crippen LogP contribution in [-0.2, 0) is 6.42 Å². The van der Waals surface area contributed by atoms with Crippen LogP contribution < -0.4 is 0 Å². The van der Waals surface area contributed by atoms with Crippen molar-refractivity contribution in [3.8, 4) is 11.3 Å². The quantitative estimate of drug-likeness (QED) is 0.551. The van der Waals surface area contributed by atoms with Gasteiger partial charge < -0.3 is 0 Å². The van der Waals surface area contributed by atoms with E-state index in [2.05, 4.69) is 36.2 Å². The number of nitrogens with one attached hydrogen (secondary N) is 1. The van der Waals surface area contributed by atoms with Gasteiger partial charge >= 0.3 is 0 Å². The Kier molecular flexibility index (Phi) is 3.03. The lowest BCUT2D eigenvalue weighted by Crippen LogP contribution is -1.99. The van der Waals surface area contributed by atoms with Crippen molar-refractivity contribution in [2.45, 2.75) is 6.42 Å². The monoisotopic (exact) mass is 327 g/mol. The number of fused-ring (bicyclic) bond motifs is 2. The third-order valence-corrected chi connectivity index (χ3v) is 4.20. The molecule has 0 atom stereocenters. The summed E-state index contributed by atoms with van der Waals surface area (Å²) in [4.78, 5) is 17.8. The lowest BCUT2D eigenvalue weighted by Gasteiger charge is -2.05. The van der Waals surface area contributed by atoms with Crippen LogP contribution in [-0.4, -0.2) is 34.5 Å². The lowest BCUT2D eigenvalue weighted by atomic mass is 10.1. The average Bonchev–Trinajstić information content (AvgIpc) is 3.31. The van der Waals surface area contributed by atoms with Crippen LogP contribution in [0.25, 0.3) is 27.9 Å². The second-order valence-corrected chi connectivity index (χ2v) is 5.75. The Labute approximate surface area is 142 Å². The molecule has 1 N–H and O–H groups in total. The molecule has 0 aliphatic rings. The second-order valence-electron chi connectivity index (χ2n) is 5.75. The standard InChI is InChI=1S/C18H13N7/c1-2-14-15(20-4-3-19-14)7-12(1)8-16-18-22-11-17(13-9-23-24-10-13)25(18)6-5-21-16/h1-7,9-11H,8H2,(H,23,24). The van der Waals surface area contributed by atoms with Gasteiger partial charge in [-0.2, -0.15) is 5.10 Å². The predicted molar refractivity (Wildman–Crippen MR) is 92.9 cm³/mol. The minimum atomic E-state index is 0.679. The highest BCUT2D eigenvalue weighted by Crippen LogP contribution is 2.22. The van der Waals surface area contributed by atoms with Gasteiger partial charge in [0.05, 0.1) is 34.8 Å². The minimum Gasteiger partial charge on any atom is -0.296 e. The van der Waals surface area contributed by atoms with E-state index in [-0.39, 0.29) is 0 Å². The molecule has 1 aromatic carbocycles. The Morgan fingerprint density at radius 3 is 2.72 bits per heavy atom. The molecular weight excluding hydrogens is 314 g/mol. The van der Waals surface area contributed by atoms with Gasteiger partial charge in [-0.25, -0.2) is 4.98 Å². The average molecular weight is 327 g/mol. The van der Waals surface area contributed by atoms with Gasteiger partial charge in [0.15, 0.2) is 5.65 Å². The van der Waals surface area contributed by atoms with E-state index < -0.39 is 0 Å². The highest BCUT2D eigenvalue weighted by molar-refractivity contribution is 5.74. The second kappa shape index (κ2) is 5.48. The molecule has 0 amide bonds. The van der Waals surface area contributed by atoms with Gasteiger partial charge in [0, 0.05) is 43.0 Å². The molecule has 5 rings (SSSR count). The van der Waals surface area contributed by atoms with Gasteiger partial charge in [0.25, 0.3) is 0 Å². The van der Waals surface area contributed by atoms with E-state index in [9.17, 15) is 0 Å². The Balaban J connectivity index is 1.58. The lowest BCUT2D eigenvalue weighted by molar-refractivity contribution is 1.02. The van der Waals surface area contributed by atoms with Crippen LogP contribution in [0.3, 0.4) is 0 Å². The third kappa shape index (κ3) is 2.33. The van der Waals surface area contributed by atoms with Crippen LogP contribution >= 0.6 is 0 Å². The summed E-state index contributed by atoms with van der Waals surface area (Å²) in [6, 6.07) is 6.09. The number of rotatable bonds is 3. The summed E-state index contributed by atoms with van der Waals surface area (Å²) in [7, 11) is 0. The fraction of sp³-hybridized carbons (Fsp3) is 0.0556. The first kappa shape index (κ1) is 13.8. The van der Waals surface area contributed by atoms with Gasteiger partial charge in [-0.1, -0.05) is 6.07 Å². The molecule has 0 aliphatic carbocycles. The van der Waals surface area contributed by atoms with Crippen LogP contribution in [0.15, 0.2) is 61.6 Å². The van der Waals surface area contributed by atoms with Crippen molar-refractivity contribution in [3.63, 3.8) is 0 Å². The molecule has 0 fully saturated rings. The molecule has 0 aliphatic heterocycles. The van der Waals surface area contributed by atoms with Crippen LogP contribution in [0.4, 0.5) is 0 Å². The zero-order valence-corrected chi connectivity index (χ0v) is 13.2. The zero-order chi connectivity index (χ0) is 16.6. The van der Waals surface area contributed by atoms with Gasteiger partial charge in [0.2, 0.25) is 0 Å². The molecule has 0 saturated carbocycles. The van der Waals surface area contributed by atoms with Crippen LogP contribution in [0, 0.1) is 0 Å². The van der Waals surface area contributed by atoms with Crippen LogP contribution in [0.2, 0.25) is 0 Å². The van der Waals surface area contributed by atoms with Gasteiger partial charge in [-0.15, -0.1) is 0 Å². The normalized spacial score (nSPS) is 11.4. The number of hydrogen-bond donors (Lipinski definition) is 1. The molecule has 0 saturated heterocycles. The predicted octanol–water partition coefficient (Wildman–Crippen LogP) is 2.65. The van der Waals surface area contributed by atoms with E-state index in [1.54, 1.807) is 24.8 Å². The Morgan fingerprint density at radius 2 is 1.84 bits per heavy atom. The number of imidazole rings is 1. The number of aromatic nitrogens is 7. The molecule has 120 valence electrons. The maximum absolute atomic E-state index is 4.56. The summed E-state index contributed by atoms with van der Waals surface area (Å²) in [6.45, 7) is 0. The van der Waals surface area contributed by atoms with Crippen molar-refractivity contribution in [3.05, 3.63) is 72.8 Å². The molecule has 4 aromatic heterocycles. The highest BCUT2D eigenvalue weighted by Gasteiger charge is 2.11. The number of aromatic amines is 1. The smallest absolute Gasteiger partial charge is 0.159 e. The molecule has 25 heavy (non-hydrogen) atoms.